The van der Waals surface area contributed by atoms with Crippen LogP contribution in [0.25, 0.3) is 0 Å². The number of aliphatic carboxylic acids is 1. The van der Waals surface area contributed by atoms with E-state index in [0.717, 1.165) is 5.56 Å². The molecule has 1 aromatic rings. The van der Waals surface area contributed by atoms with Crippen molar-refractivity contribution in [2.24, 2.45) is 17.6 Å². The van der Waals surface area contributed by atoms with E-state index in [-0.39, 0.29) is 12.3 Å². The number of hydrogen-bond donors (Lipinski definition) is 3. The first kappa shape index (κ1) is 18.3. The molecular formula is C17H25NO4. The first-order valence-corrected chi connectivity index (χ1v) is 7.54. The highest BCUT2D eigenvalue weighted by Crippen LogP contribution is 2.18. The second kappa shape index (κ2) is 8.66. The standard InChI is InChI=1S/C17H25NO4/c1-11(2)8-13(17(21)22)10-15(19)16(20)14(18)9-12-6-4-3-5-7-12/h3-7,11,13-14,16,20H,8-10,18H2,1-2H3,(H,21,22). The van der Waals surface area contributed by atoms with Crippen molar-refractivity contribution in [3.8, 4) is 0 Å². The molecule has 0 saturated carbocycles. The van der Waals surface area contributed by atoms with Gasteiger partial charge in [-0.15, -0.1) is 0 Å². The Hall–Kier alpha value is -1.72. The number of rotatable bonds is 9. The fourth-order valence-corrected chi connectivity index (χ4v) is 2.44. The molecule has 0 amide bonds. The van der Waals surface area contributed by atoms with Crippen LogP contribution in [0.4, 0.5) is 0 Å². The van der Waals surface area contributed by atoms with E-state index < -0.39 is 29.8 Å². The number of carbonyl (C=O) groups excluding carboxylic acids is 1. The topological polar surface area (TPSA) is 101 Å². The summed E-state index contributed by atoms with van der Waals surface area (Å²) in [5.74, 6) is -2.11. The van der Waals surface area contributed by atoms with Gasteiger partial charge in [-0.25, -0.2) is 0 Å². The number of Topliss-reactive ketones (excluding diaryl/α,β-unsaturated/α-hetero) is 1. The highest BCUT2D eigenvalue weighted by atomic mass is 16.4. The number of ketones is 1. The number of carboxylic acids is 1. The number of carboxylic acid groups (broad SMARTS) is 1. The highest BCUT2D eigenvalue weighted by molar-refractivity contribution is 5.87. The molecular weight excluding hydrogens is 282 g/mol. The van der Waals surface area contributed by atoms with E-state index in [9.17, 15) is 14.7 Å². The molecule has 0 aromatic heterocycles. The van der Waals surface area contributed by atoms with E-state index in [0.29, 0.717) is 12.8 Å². The first-order valence-electron chi connectivity index (χ1n) is 7.54. The van der Waals surface area contributed by atoms with Crippen molar-refractivity contribution in [2.45, 2.75) is 45.3 Å². The second-order valence-corrected chi connectivity index (χ2v) is 6.13. The first-order chi connectivity index (χ1) is 10.3. The minimum atomic E-state index is -1.34. The summed E-state index contributed by atoms with van der Waals surface area (Å²) >= 11 is 0. The van der Waals surface area contributed by atoms with Crippen LogP contribution in [0.2, 0.25) is 0 Å². The molecule has 0 spiro atoms. The Bertz CT molecular complexity index is 487. The average molecular weight is 307 g/mol. The number of carbonyl (C=O) groups is 2. The summed E-state index contributed by atoms with van der Waals surface area (Å²) in [5, 5.41) is 19.2. The van der Waals surface area contributed by atoms with Crippen molar-refractivity contribution in [3.05, 3.63) is 35.9 Å². The van der Waals surface area contributed by atoms with E-state index in [1.807, 2.05) is 44.2 Å². The van der Waals surface area contributed by atoms with E-state index in [1.165, 1.54) is 0 Å². The fraction of sp³-hybridized carbons (Fsp3) is 0.529. The Morgan fingerprint density at radius 1 is 1.18 bits per heavy atom. The summed E-state index contributed by atoms with van der Waals surface area (Å²) in [6.07, 6.45) is -0.747. The van der Waals surface area contributed by atoms with Crippen LogP contribution in [0.15, 0.2) is 30.3 Å². The molecule has 0 saturated heterocycles. The molecule has 0 heterocycles. The predicted molar refractivity (Wildman–Crippen MR) is 84.3 cm³/mol. The van der Waals surface area contributed by atoms with Gasteiger partial charge >= 0.3 is 5.97 Å². The van der Waals surface area contributed by atoms with Gasteiger partial charge in [0.05, 0.1) is 5.92 Å². The lowest BCUT2D eigenvalue weighted by Gasteiger charge is -2.20. The summed E-state index contributed by atoms with van der Waals surface area (Å²) < 4.78 is 0. The van der Waals surface area contributed by atoms with Crippen molar-refractivity contribution in [1.82, 2.24) is 0 Å². The quantitative estimate of drug-likeness (QED) is 0.643. The number of nitrogens with two attached hydrogens (primary N) is 1. The largest absolute Gasteiger partial charge is 0.481 e. The minimum Gasteiger partial charge on any atom is -0.481 e. The maximum absolute atomic E-state index is 12.1. The Morgan fingerprint density at radius 2 is 1.77 bits per heavy atom. The molecule has 1 rings (SSSR count). The lowest BCUT2D eigenvalue weighted by Crippen LogP contribution is -2.43. The van der Waals surface area contributed by atoms with Crippen LogP contribution in [0.5, 0.6) is 0 Å². The lowest BCUT2D eigenvalue weighted by molar-refractivity contribution is -0.145. The van der Waals surface area contributed by atoms with Crippen LogP contribution in [0.3, 0.4) is 0 Å². The summed E-state index contributed by atoms with van der Waals surface area (Å²) in [5.41, 5.74) is 6.81. The summed E-state index contributed by atoms with van der Waals surface area (Å²) in [7, 11) is 0. The third kappa shape index (κ3) is 5.95. The third-order valence-electron chi connectivity index (χ3n) is 3.60. The molecule has 0 radical (unpaired) electrons. The second-order valence-electron chi connectivity index (χ2n) is 6.13. The van der Waals surface area contributed by atoms with Crippen LogP contribution < -0.4 is 5.73 Å². The van der Waals surface area contributed by atoms with Gasteiger partial charge in [0.25, 0.3) is 0 Å². The Morgan fingerprint density at radius 3 is 2.27 bits per heavy atom. The molecule has 1 aromatic carbocycles. The predicted octanol–water partition coefficient (Wildman–Crippen LogP) is 1.62. The van der Waals surface area contributed by atoms with Gasteiger partial charge in [-0.05, 0) is 24.3 Å². The molecule has 22 heavy (non-hydrogen) atoms. The van der Waals surface area contributed by atoms with E-state index in [4.69, 9.17) is 10.8 Å². The molecule has 0 aliphatic heterocycles. The van der Waals surface area contributed by atoms with Gasteiger partial charge in [0.2, 0.25) is 0 Å². The summed E-state index contributed by atoms with van der Waals surface area (Å²) in [4.78, 5) is 23.3. The Kier molecular flexibility index (Phi) is 7.21. The van der Waals surface area contributed by atoms with Crippen molar-refractivity contribution >= 4 is 11.8 Å². The van der Waals surface area contributed by atoms with E-state index in [2.05, 4.69) is 0 Å². The van der Waals surface area contributed by atoms with Gasteiger partial charge < -0.3 is 15.9 Å². The zero-order chi connectivity index (χ0) is 16.7. The Labute approximate surface area is 131 Å². The normalized spacial score (nSPS) is 15.3. The van der Waals surface area contributed by atoms with Gasteiger partial charge in [0, 0.05) is 12.5 Å². The molecule has 0 fully saturated rings. The van der Waals surface area contributed by atoms with Gasteiger partial charge in [0.15, 0.2) is 5.78 Å². The van der Waals surface area contributed by atoms with Gasteiger partial charge in [-0.3, -0.25) is 9.59 Å². The van der Waals surface area contributed by atoms with E-state index in [1.54, 1.807) is 0 Å². The molecule has 0 aliphatic carbocycles. The van der Waals surface area contributed by atoms with Crippen LogP contribution in [0.1, 0.15) is 32.3 Å². The minimum absolute atomic E-state index is 0.170. The van der Waals surface area contributed by atoms with Crippen molar-refractivity contribution in [2.75, 3.05) is 0 Å². The van der Waals surface area contributed by atoms with Crippen LogP contribution in [-0.2, 0) is 16.0 Å². The average Bonchev–Trinajstić information content (AvgIpc) is 2.46. The lowest BCUT2D eigenvalue weighted by atomic mass is 9.89. The fourth-order valence-electron chi connectivity index (χ4n) is 2.44. The van der Waals surface area contributed by atoms with Crippen LogP contribution in [0, 0.1) is 11.8 Å². The smallest absolute Gasteiger partial charge is 0.306 e. The molecule has 5 heteroatoms. The van der Waals surface area contributed by atoms with Gasteiger partial charge in [0.1, 0.15) is 6.10 Å². The van der Waals surface area contributed by atoms with Gasteiger partial charge in [-0.1, -0.05) is 44.2 Å². The third-order valence-corrected chi connectivity index (χ3v) is 3.60. The zero-order valence-electron chi connectivity index (χ0n) is 13.1. The number of benzene rings is 1. The number of aliphatic hydroxyl groups is 1. The van der Waals surface area contributed by atoms with Gasteiger partial charge in [-0.2, -0.15) is 0 Å². The van der Waals surface area contributed by atoms with Crippen molar-refractivity contribution < 1.29 is 19.8 Å². The summed E-state index contributed by atoms with van der Waals surface area (Å²) in [6, 6.07) is 8.60. The van der Waals surface area contributed by atoms with Crippen LogP contribution in [-0.4, -0.2) is 34.1 Å². The molecule has 4 N–H and O–H groups in total. The maximum Gasteiger partial charge on any atom is 0.306 e. The molecule has 0 aliphatic rings. The molecule has 3 atom stereocenters. The number of hydrogen-bond acceptors (Lipinski definition) is 4. The zero-order valence-corrected chi connectivity index (χ0v) is 13.1. The molecule has 3 unspecified atom stereocenters. The van der Waals surface area contributed by atoms with Crippen LogP contribution >= 0.6 is 0 Å². The SMILES string of the molecule is CC(C)CC(CC(=O)C(O)C(N)Cc1ccccc1)C(=O)O. The Balaban J connectivity index is 2.61. The molecule has 122 valence electrons. The monoisotopic (exact) mass is 307 g/mol. The van der Waals surface area contributed by atoms with E-state index >= 15 is 0 Å². The number of aliphatic hydroxyl groups excluding tert-OH is 1. The maximum atomic E-state index is 12.1. The van der Waals surface area contributed by atoms with Crippen molar-refractivity contribution in [3.63, 3.8) is 0 Å². The highest BCUT2D eigenvalue weighted by Gasteiger charge is 2.29. The molecule has 0 bridgehead atoms. The summed E-state index contributed by atoms with van der Waals surface area (Å²) in [6.45, 7) is 3.80. The molecule has 5 nitrogen and oxygen atoms in total. The van der Waals surface area contributed by atoms with Crippen molar-refractivity contribution in [1.29, 1.82) is 0 Å².